The summed E-state index contributed by atoms with van der Waals surface area (Å²) < 4.78 is 25.6. The molecule has 2 aromatic heterocycles. The molecular formula is C51H72N6O6SSi. The number of fused-ring (bicyclic) bond motifs is 2. The molecule has 2 aliphatic rings. The Balaban J connectivity index is 0.833. The number of phenolic OH excluding ortho intramolecular Hbond substituents is 1. The number of hydrogen-bond donors (Lipinski definition) is 3. The van der Waals surface area contributed by atoms with Crippen LogP contribution in [-0.4, -0.2) is 123 Å². The van der Waals surface area contributed by atoms with Crippen LogP contribution >= 0.6 is 11.5 Å². The number of unbranched alkanes of at least 4 members (excludes halogenated alkanes) is 1. The highest BCUT2D eigenvalue weighted by Gasteiger charge is 2.41. The monoisotopic (exact) mass is 925 g/mol. The molecule has 5 aromatic rings. The molecular weight excluding hydrogens is 853 g/mol. The van der Waals surface area contributed by atoms with Crippen molar-refractivity contribution in [1.29, 1.82) is 0 Å². The zero-order valence-electron chi connectivity index (χ0n) is 39.6. The number of aromatic hydroxyl groups is 1. The zero-order valence-corrected chi connectivity index (χ0v) is 41.4. The van der Waals surface area contributed by atoms with Crippen molar-refractivity contribution in [3.05, 3.63) is 99.8 Å². The van der Waals surface area contributed by atoms with Crippen LogP contribution < -0.4 is 15.8 Å². The fraction of sp³-hybridized carbons (Fsp3) is 0.549. The van der Waals surface area contributed by atoms with Crippen molar-refractivity contribution >= 4 is 52.6 Å². The van der Waals surface area contributed by atoms with E-state index in [0.29, 0.717) is 51.3 Å². The van der Waals surface area contributed by atoms with Crippen molar-refractivity contribution in [2.75, 3.05) is 83.6 Å². The third kappa shape index (κ3) is 12.6. The highest BCUT2D eigenvalue weighted by atomic mass is 32.1. The second-order valence-corrected chi connectivity index (χ2v) is 25.1. The molecule has 65 heavy (non-hydrogen) atoms. The van der Waals surface area contributed by atoms with Gasteiger partial charge in [-0.25, -0.2) is 0 Å². The van der Waals surface area contributed by atoms with Crippen LogP contribution in [-0.2, 0) is 31.5 Å². The predicted octanol–water partition coefficient (Wildman–Crippen LogP) is 8.69. The third-order valence-electron chi connectivity index (χ3n) is 13.9. The standard InChI is InChI=1S/C51H72N6O6SSi/c1-7-8-26-56(30-25-52-36-44(63-65(5,6)50(2,3)4)40-16-18-43(58)48-41(40)17-19-46(59)53-48)47(60)22-33-61-32-21-39-13-11-12-38(35-39)20-27-55-28-23-51(24-29-55)37-57(31-34-62-51)49-42-14-9-10-15-45(42)64-54-49/h9-19,35,44,52,58H,7-8,20-34,36-37H2,1-6H3,(H,53,59)/t44-/m0/s1. The number of amides is 1. The Hall–Kier alpha value is -4.15. The molecule has 1 amide bonds. The van der Waals surface area contributed by atoms with Crippen LogP contribution in [0.2, 0.25) is 18.1 Å². The SMILES string of the molecule is CCCCN(CCNC[C@H](O[Si](C)(C)C(C)(C)C)c1ccc(O)c2[nH]c(=O)ccc12)C(=O)CCOCCc1cccc(CCN2CCC3(CC2)CN(c2nsc4ccccc24)CCO3)c1. The molecule has 2 fully saturated rings. The molecule has 2 aliphatic heterocycles. The number of carbonyl (C=O) groups is 1. The molecule has 352 valence electrons. The maximum absolute atomic E-state index is 13.5. The second kappa shape index (κ2) is 22.1. The molecule has 0 radical (unpaired) electrons. The van der Waals surface area contributed by atoms with E-state index in [2.05, 4.69) is 109 Å². The lowest BCUT2D eigenvalue weighted by molar-refractivity contribution is -0.132. The van der Waals surface area contributed by atoms with Gasteiger partial charge in [0.25, 0.3) is 0 Å². The van der Waals surface area contributed by atoms with Crippen LogP contribution in [0.1, 0.15) is 82.6 Å². The molecule has 0 saturated carbocycles. The molecule has 12 nitrogen and oxygen atoms in total. The molecule has 1 atom stereocenters. The number of carbonyl (C=O) groups excluding carboxylic acids is 1. The van der Waals surface area contributed by atoms with E-state index in [-0.39, 0.29) is 34.0 Å². The minimum atomic E-state index is -2.22. The number of phenols is 1. The number of nitrogens with zero attached hydrogens (tertiary/aromatic N) is 4. The quantitative estimate of drug-likeness (QED) is 0.0485. The van der Waals surface area contributed by atoms with E-state index >= 15 is 0 Å². The predicted molar refractivity (Wildman–Crippen MR) is 267 cm³/mol. The first-order valence-corrected chi connectivity index (χ1v) is 27.5. The molecule has 2 saturated heterocycles. The van der Waals surface area contributed by atoms with E-state index in [1.54, 1.807) is 23.7 Å². The topological polar surface area (TPSA) is 132 Å². The molecule has 14 heteroatoms. The molecule has 3 N–H and O–H groups in total. The first-order chi connectivity index (χ1) is 31.2. The number of ether oxygens (including phenoxy) is 2. The second-order valence-electron chi connectivity index (χ2n) is 19.6. The Labute approximate surface area is 390 Å². The molecule has 0 bridgehead atoms. The van der Waals surface area contributed by atoms with Crippen molar-refractivity contribution in [2.45, 2.75) is 102 Å². The Bertz CT molecular complexity index is 2390. The van der Waals surface area contributed by atoms with Gasteiger partial charge >= 0.3 is 0 Å². The maximum Gasteiger partial charge on any atom is 0.248 e. The number of anilines is 1. The molecule has 0 aliphatic carbocycles. The van der Waals surface area contributed by atoms with E-state index in [9.17, 15) is 14.7 Å². The summed E-state index contributed by atoms with van der Waals surface area (Å²) in [7, 11) is -2.22. The summed E-state index contributed by atoms with van der Waals surface area (Å²) in [5.41, 5.74) is 3.56. The molecule has 3 aromatic carbocycles. The van der Waals surface area contributed by atoms with Gasteiger partial charge in [0, 0.05) is 75.7 Å². The van der Waals surface area contributed by atoms with Crippen LogP contribution in [0.15, 0.2) is 77.6 Å². The van der Waals surface area contributed by atoms with Crippen LogP contribution in [0.3, 0.4) is 0 Å². The Morgan fingerprint density at radius 2 is 1.78 bits per heavy atom. The number of likely N-dealkylation sites (tertiary alicyclic amines) is 1. The van der Waals surface area contributed by atoms with Gasteiger partial charge in [0.2, 0.25) is 11.5 Å². The smallest absolute Gasteiger partial charge is 0.248 e. The Morgan fingerprint density at radius 3 is 2.57 bits per heavy atom. The number of aromatic nitrogens is 2. The lowest BCUT2D eigenvalue weighted by atomic mass is 9.89. The van der Waals surface area contributed by atoms with Gasteiger partial charge in [-0.1, -0.05) is 76.6 Å². The zero-order chi connectivity index (χ0) is 46.0. The number of nitrogens with one attached hydrogen (secondary N) is 2. The van der Waals surface area contributed by atoms with Gasteiger partial charge in [-0.2, -0.15) is 4.37 Å². The highest BCUT2D eigenvalue weighted by Crippen LogP contribution is 2.41. The average molecular weight is 925 g/mol. The minimum absolute atomic E-state index is 0.0188. The van der Waals surface area contributed by atoms with Gasteiger partial charge in [-0.3, -0.25) is 9.59 Å². The average Bonchev–Trinajstić information content (AvgIpc) is 3.73. The number of pyridine rings is 1. The van der Waals surface area contributed by atoms with Crippen molar-refractivity contribution < 1.29 is 23.8 Å². The lowest BCUT2D eigenvalue weighted by Gasteiger charge is -2.47. The van der Waals surface area contributed by atoms with Crippen molar-refractivity contribution in [3.8, 4) is 5.75 Å². The number of piperidine rings is 1. The number of rotatable bonds is 21. The Kier molecular flexibility index (Phi) is 16.6. The van der Waals surface area contributed by atoms with E-state index in [1.807, 2.05) is 11.0 Å². The number of H-pyrrole nitrogens is 1. The van der Waals surface area contributed by atoms with Gasteiger partial charge in [0.1, 0.15) is 11.6 Å². The summed E-state index contributed by atoms with van der Waals surface area (Å²) in [5.74, 6) is 1.25. The largest absolute Gasteiger partial charge is 0.506 e. The maximum atomic E-state index is 13.5. The summed E-state index contributed by atoms with van der Waals surface area (Å²) in [6.45, 7) is 22.3. The van der Waals surface area contributed by atoms with Crippen LogP contribution in [0.25, 0.3) is 21.0 Å². The van der Waals surface area contributed by atoms with Gasteiger partial charge in [-0.05, 0) is 103 Å². The van der Waals surface area contributed by atoms with E-state index in [0.717, 1.165) is 94.6 Å². The number of hydrogen-bond acceptors (Lipinski definition) is 11. The number of morpholine rings is 1. The fourth-order valence-corrected chi connectivity index (χ4v) is 11.0. The number of aromatic amines is 1. The molecule has 0 unspecified atom stereocenters. The summed E-state index contributed by atoms with van der Waals surface area (Å²) in [4.78, 5) is 35.4. The lowest BCUT2D eigenvalue weighted by Crippen LogP contribution is -2.57. The third-order valence-corrected chi connectivity index (χ3v) is 19.2. The Morgan fingerprint density at radius 1 is 1.00 bits per heavy atom. The molecule has 7 rings (SSSR count). The fourth-order valence-electron chi connectivity index (χ4n) is 8.90. The molecule has 4 heterocycles. The van der Waals surface area contributed by atoms with Gasteiger partial charge in [0.05, 0.1) is 48.2 Å². The number of benzene rings is 3. The van der Waals surface area contributed by atoms with Crippen molar-refractivity contribution in [1.82, 2.24) is 24.5 Å². The van der Waals surface area contributed by atoms with E-state index in [1.165, 1.54) is 27.3 Å². The van der Waals surface area contributed by atoms with E-state index < -0.39 is 8.32 Å². The summed E-state index contributed by atoms with van der Waals surface area (Å²) >= 11 is 1.59. The highest BCUT2D eigenvalue weighted by molar-refractivity contribution is 7.13. The summed E-state index contributed by atoms with van der Waals surface area (Å²) in [6, 6.07) is 24.2. The summed E-state index contributed by atoms with van der Waals surface area (Å²) in [5, 5.41) is 16.1. The van der Waals surface area contributed by atoms with Crippen LogP contribution in [0.5, 0.6) is 5.75 Å². The van der Waals surface area contributed by atoms with E-state index in [4.69, 9.17) is 18.3 Å². The van der Waals surface area contributed by atoms with Crippen LogP contribution in [0.4, 0.5) is 5.82 Å². The van der Waals surface area contributed by atoms with Crippen molar-refractivity contribution in [3.63, 3.8) is 0 Å². The van der Waals surface area contributed by atoms with Gasteiger partial charge < -0.3 is 44.0 Å². The van der Waals surface area contributed by atoms with Crippen molar-refractivity contribution in [2.24, 2.45) is 0 Å². The minimum Gasteiger partial charge on any atom is -0.506 e. The van der Waals surface area contributed by atoms with Gasteiger partial charge in [0.15, 0.2) is 8.32 Å². The normalized spacial score (nSPS) is 16.4. The van der Waals surface area contributed by atoms with Gasteiger partial charge in [-0.15, -0.1) is 0 Å². The first-order valence-electron chi connectivity index (χ1n) is 23.9. The summed E-state index contributed by atoms with van der Waals surface area (Å²) in [6.07, 6.45) is 5.87. The first kappa shape index (κ1) is 48.8. The molecule has 1 spiro atoms. The van der Waals surface area contributed by atoms with Crippen LogP contribution in [0, 0.1) is 0 Å².